The van der Waals surface area contributed by atoms with E-state index in [-0.39, 0.29) is 30.9 Å². The molecule has 1 atom stereocenters. The number of rotatable bonds is 4. The maximum absolute atomic E-state index is 11.9. The van der Waals surface area contributed by atoms with Crippen LogP contribution in [-0.2, 0) is 6.54 Å². The molecule has 9 heteroatoms. The molecule has 0 spiro atoms. The Morgan fingerprint density at radius 2 is 2.39 bits per heavy atom. The molecule has 0 aromatic carbocycles. The van der Waals surface area contributed by atoms with Gasteiger partial charge in [-0.3, -0.25) is 14.7 Å². The van der Waals surface area contributed by atoms with Crippen LogP contribution in [0.3, 0.4) is 0 Å². The van der Waals surface area contributed by atoms with Crippen molar-refractivity contribution < 1.29 is 9.32 Å². The zero-order valence-corrected chi connectivity index (χ0v) is 13.5. The highest BCUT2D eigenvalue weighted by molar-refractivity contribution is 5.92. The van der Waals surface area contributed by atoms with E-state index in [1.54, 1.807) is 24.4 Å². The Balaban J connectivity index is 0.00000192. The summed E-state index contributed by atoms with van der Waals surface area (Å²) in [5.41, 5.74) is 0.360. The topological polar surface area (TPSA) is 96.2 Å². The summed E-state index contributed by atoms with van der Waals surface area (Å²) in [4.78, 5) is 22.4. The molecule has 0 aliphatic carbocycles. The molecular weight excluding hydrogens is 320 g/mol. The fourth-order valence-corrected chi connectivity index (χ4v) is 2.31. The molecule has 124 valence electrons. The number of nitrogens with zero attached hydrogens (tertiary/aromatic N) is 4. The fraction of sp³-hybridized carbons (Fsp3) is 0.429. The molecule has 0 saturated carbocycles. The van der Waals surface area contributed by atoms with Gasteiger partial charge in [-0.2, -0.15) is 4.98 Å². The van der Waals surface area contributed by atoms with Crippen molar-refractivity contribution in [3.05, 3.63) is 41.8 Å². The number of hydrogen-bond donors (Lipinski definition) is 2. The summed E-state index contributed by atoms with van der Waals surface area (Å²) in [5, 5.41) is 10.0. The molecule has 0 radical (unpaired) electrons. The number of amides is 1. The first-order valence-electron chi connectivity index (χ1n) is 7.16. The van der Waals surface area contributed by atoms with E-state index in [0.29, 0.717) is 17.4 Å². The van der Waals surface area contributed by atoms with E-state index in [9.17, 15) is 4.79 Å². The van der Waals surface area contributed by atoms with E-state index in [0.717, 1.165) is 19.6 Å². The molecule has 3 rings (SSSR count). The third-order valence-corrected chi connectivity index (χ3v) is 3.59. The summed E-state index contributed by atoms with van der Waals surface area (Å²) in [6.07, 6.45) is 1.58. The van der Waals surface area contributed by atoms with Gasteiger partial charge in [-0.25, -0.2) is 0 Å². The molecule has 1 aliphatic heterocycles. The van der Waals surface area contributed by atoms with Gasteiger partial charge in [0.05, 0.1) is 12.6 Å². The molecule has 2 aromatic heterocycles. The van der Waals surface area contributed by atoms with Gasteiger partial charge in [0.15, 0.2) is 5.82 Å². The molecule has 0 bridgehead atoms. The van der Waals surface area contributed by atoms with Crippen molar-refractivity contribution in [2.45, 2.75) is 12.6 Å². The summed E-state index contributed by atoms with van der Waals surface area (Å²) < 4.78 is 5.20. The number of carbonyl (C=O) groups is 1. The Kier molecular flexibility index (Phi) is 6.03. The maximum atomic E-state index is 11.9. The molecule has 1 unspecified atom stereocenters. The lowest BCUT2D eigenvalue weighted by Crippen LogP contribution is -2.44. The van der Waals surface area contributed by atoms with Gasteiger partial charge in [0, 0.05) is 25.8 Å². The minimum absolute atomic E-state index is 0. The van der Waals surface area contributed by atoms with Crippen LogP contribution in [0.2, 0.25) is 0 Å². The van der Waals surface area contributed by atoms with Crippen molar-refractivity contribution in [2.75, 3.05) is 26.7 Å². The van der Waals surface area contributed by atoms with Crippen LogP contribution >= 0.6 is 12.4 Å². The van der Waals surface area contributed by atoms with Crippen molar-refractivity contribution in [1.29, 1.82) is 0 Å². The number of halogens is 1. The summed E-state index contributed by atoms with van der Waals surface area (Å²) in [6.45, 7) is 2.87. The normalized spacial score (nSPS) is 18.2. The minimum Gasteiger partial charge on any atom is -0.342 e. The van der Waals surface area contributed by atoms with Gasteiger partial charge >= 0.3 is 0 Å². The second-order valence-electron chi connectivity index (χ2n) is 5.14. The van der Waals surface area contributed by atoms with E-state index in [1.807, 2.05) is 7.05 Å². The van der Waals surface area contributed by atoms with Gasteiger partial charge < -0.3 is 15.2 Å². The Labute approximate surface area is 140 Å². The largest absolute Gasteiger partial charge is 0.342 e. The summed E-state index contributed by atoms with van der Waals surface area (Å²) in [6, 6.07) is 5.27. The van der Waals surface area contributed by atoms with Gasteiger partial charge in [0.1, 0.15) is 5.69 Å². The summed E-state index contributed by atoms with van der Waals surface area (Å²) in [7, 11) is 2.03. The van der Waals surface area contributed by atoms with Crippen LogP contribution in [0.25, 0.3) is 0 Å². The van der Waals surface area contributed by atoms with Crippen molar-refractivity contribution >= 4 is 18.3 Å². The summed E-state index contributed by atoms with van der Waals surface area (Å²) >= 11 is 0. The Bertz CT molecular complexity index is 635. The molecule has 1 saturated heterocycles. The van der Waals surface area contributed by atoms with Crippen LogP contribution in [0.5, 0.6) is 0 Å². The predicted molar refractivity (Wildman–Crippen MR) is 85.2 cm³/mol. The van der Waals surface area contributed by atoms with E-state index < -0.39 is 0 Å². The number of likely N-dealkylation sites (N-methyl/N-ethyl adjacent to an activating group) is 1. The molecule has 23 heavy (non-hydrogen) atoms. The number of piperazine rings is 1. The Hall–Kier alpha value is -2.03. The van der Waals surface area contributed by atoms with Gasteiger partial charge in [-0.1, -0.05) is 11.2 Å². The number of pyridine rings is 1. The standard InChI is InChI=1S/C14H18N6O2.ClH/c1-20-7-6-15-8-11(20)13-18-12(22-19-13)9-17-14(21)10-4-2-3-5-16-10;/h2-5,11,15H,6-9H2,1H3,(H,17,21);1H. The molecular formula is C14H19ClN6O2. The monoisotopic (exact) mass is 338 g/mol. The number of carbonyl (C=O) groups excluding carboxylic acids is 1. The van der Waals surface area contributed by atoms with E-state index in [4.69, 9.17) is 4.52 Å². The second kappa shape index (κ2) is 8.00. The number of nitrogens with one attached hydrogen (secondary N) is 2. The first-order chi connectivity index (χ1) is 10.7. The zero-order valence-electron chi connectivity index (χ0n) is 12.7. The van der Waals surface area contributed by atoms with Crippen molar-refractivity contribution in [3.8, 4) is 0 Å². The van der Waals surface area contributed by atoms with Gasteiger partial charge in [-0.15, -0.1) is 12.4 Å². The average molecular weight is 339 g/mol. The van der Waals surface area contributed by atoms with Gasteiger partial charge in [-0.05, 0) is 19.2 Å². The molecule has 1 fully saturated rings. The van der Waals surface area contributed by atoms with Crippen LogP contribution in [0, 0.1) is 0 Å². The lowest BCUT2D eigenvalue weighted by Gasteiger charge is -2.30. The number of aromatic nitrogens is 3. The molecule has 1 aliphatic rings. The zero-order chi connectivity index (χ0) is 15.4. The minimum atomic E-state index is -0.267. The first-order valence-corrected chi connectivity index (χ1v) is 7.16. The molecule has 2 aromatic rings. The van der Waals surface area contributed by atoms with Gasteiger partial charge in [0.2, 0.25) is 5.89 Å². The van der Waals surface area contributed by atoms with Crippen molar-refractivity contribution in [2.24, 2.45) is 0 Å². The van der Waals surface area contributed by atoms with E-state index >= 15 is 0 Å². The Morgan fingerprint density at radius 1 is 1.52 bits per heavy atom. The number of hydrogen-bond acceptors (Lipinski definition) is 7. The molecule has 1 amide bonds. The summed E-state index contributed by atoms with van der Waals surface area (Å²) in [5.74, 6) is 0.756. The van der Waals surface area contributed by atoms with Crippen molar-refractivity contribution in [1.82, 2.24) is 30.7 Å². The second-order valence-corrected chi connectivity index (χ2v) is 5.14. The highest BCUT2D eigenvalue weighted by Gasteiger charge is 2.25. The van der Waals surface area contributed by atoms with Gasteiger partial charge in [0.25, 0.3) is 5.91 Å². The fourth-order valence-electron chi connectivity index (χ4n) is 2.31. The SMILES string of the molecule is CN1CCNCC1c1noc(CNC(=O)c2ccccn2)n1.Cl. The van der Waals surface area contributed by atoms with E-state index in [1.165, 1.54) is 0 Å². The van der Waals surface area contributed by atoms with Crippen LogP contribution in [0.4, 0.5) is 0 Å². The maximum Gasteiger partial charge on any atom is 0.270 e. The van der Waals surface area contributed by atoms with Crippen LogP contribution in [0.1, 0.15) is 28.2 Å². The smallest absolute Gasteiger partial charge is 0.270 e. The highest BCUT2D eigenvalue weighted by Crippen LogP contribution is 2.17. The lowest BCUT2D eigenvalue weighted by molar-refractivity contribution is 0.0941. The predicted octanol–water partition coefficient (Wildman–Crippen LogP) is 0.392. The van der Waals surface area contributed by atoms with Crippen LogP contribution < -0.4 is 10.6 Å². The van der Waals surface area contributed by atoms with E-state index in [2.05, 4.69) is 30.7 Å². The lowest BCUT2D eigenvalue weighted by atomic mass is 10.2. The molecule has 3 heterocycles. The molecule has 2 N–H and O–H groups in total. The molecule has 8 nitrogen and oxygen atoms in total. The van der Waals surface area contributed by atoms with Crippen LogP contribution in [-0.4, -0.2) is 52.6 Å². The quantitative estimate of drug-likeness (QED) is 0.832. The highest BCUT2D eigenvalue weighted by atomic mass is 35.5. The Morgan fingerprint density at radius 3 is 3.13 bits per heavy atom. The first kappa shape index (κ1) is 17.3. The third kappa shape index (κ3) is 4.25. The third-order valence-electron chi connectivity index (χ3n) is 3.59. The average Bonchev–Trinajstić information content (AvgIpc) is 3.02. The van der Waals surface area contributed by atoms with Crippen LogP contribution in [0.15, 0.2) is 28.9 Å². The van der Waals surface area contributed by atoms with Crippen molar-refractivity contribution in [3.63, 3.8) is 0 Å².